The number of aromatic nitrogens is 2. The van der Waals surface area contributed by atoms with Crippen LogP contribution in [0.15, 0.2) is 24.4 Å². The molecule has 0 bridgehead atoms. The van der Waals surface area contributed by atoms with E-state index in [1.165, 1.54) is 6.92 Å². The summed E-state index contributed by atoms with van der Waals surface area (Å²) in [6.07, 6.45) is 1.91. The Morgan fingerprint density at radius 2 is 2.23 bits per heavy atom. The molecule has 13 heavy (non-hydrogen) atoms. The van der Waals surface area contributed by atoms with E-state index in [9.17, 15) is 4.79 Å². The lowest BCUT2D eigenvalue weighted by Crippen LogP contribution is -1.92. The minimum absolute atomic E-state index is 0.0109. The van der Waals surface area contributed by atoms with E-state index in [-0.39, 0.29) is 5.78 Å². The highest BCUT2D eigenvalue weighted by molar-refractivity contribution is 5.98. The lowest BCUT2D eigenvalue weighted by Gasteiger charge is -1.93. The summed E-state index contributed by atoms with van der Waals surface area (Å²) in [4.78, 5) is 15.4. The van der Waals surface area contributed by atoms with Gasteiger partial charge in [-0.25, -0.2) is 4.98 Å². The van der Waals surface area contributed by atoms with Crippen molar-refractivity contribution in [1.29, 1.82) is 0 Å². The molecule has 0 saturated heterocycles. The van der Waals surface area contributed by atoms with E-state index in [1.807, 2.05) is 35.7 Å². The van der Waals surface area contributed by atoms with Gasteiger partial charge in [-0.2, -0.15) is 0 Å². The number of hydrogen-bond donors (Lipinski definition) is 0. The summed E-state index contributed by atoms with van der Waals surface area (Å²) < 4.78 is 1.91. The molecule has 0 aliphatic rings. The molecule has 0 atom stereocenters. The fourth-order valence-corrected chi connectivity index (χ4v) is 1.45. The Morgan fingerprint density at radius 3 is 2.92 bits per heavy atom. The van der Waals surface area contributed by atoms with Crippen molar-refractivity contribution in [2.24, 2.45) is 0 Å². The highest BCUT2D eigenvalue weighted by Crippen LogP contribution is 2.12. The topological polar surface area (TPSA) is 34.4 Å². The van der Waals surface area contributed by atoms with Crippen LogP contribution in [-0.4, -0.2) is 15.2 Å². The second kappa shape index (κ2) is 2.69. The van der Waals surface area contributed by atoms with Crippen molar-refractivity contribution in [3.8, 4) is 0 Å². The first-order valence-electron chi connectivity index (χ1n) is 4.15. The molecule has 2 aromatic heterocycles. The Hall–Kier alpha value is -1.64. The largest absolute Gasteiger partial charge is 0.303 e. The number of carbonyl (C=O) groups is 1. The second-order valence-electron chi connectivity index (χ2n) is 3.02. The number of Topliss-reactive ketones (excluding diaryl/α,β-unsaturated/α-hetero) is 1. The molecule has 0 saturated carbocycles. The molecule has 3 nitrogen and oxygen atoms in total. The molecular weight excluding hydrogens is 164 g/mol. The number of ketones is 1. The first-order chi connectivity index (χ1) is 6.20. The molecule has 2 aromatic rings. The first-order valence-corrected chi connectivity index (χ1v) is 4.15. The average molecular weight is 174 g/mol. The third kappa shape index (κ3) is 1.13. The van der Waals surface area contributed by atoms with Gasteiger partial charge >= 0.3 is 0 Å². The van der Waals surface area contributed by atoms with Gasteiger partial charge in [0.15, 0.2) is 5.78 Å². The Balaban J connectivity index is 2.85. The molecular formula is C10H10N2O. The summed E-state index contributed by atoms with van der Waals surface area (Å²) in [5, 5.41) is 0. The highest BCUT2D eigenvalue weighted by atomic mass is 16.1. The molecule has 0 aliphatic carbocycles. The van der Waals surface area contributed by atoms with Gasteiger partial charge in [-0.15, -0.1) is 0 Å². The number of hydrogen-bond acceptors (Lipinski definition) is 2. The fourth-order valence-electron chi connectivity index (χ4n) is 1.45. The number of carbonyl (C=O) groups excluding carboxylic acids is 1. The van der Waals surface area contributed by atoms with E-state index >= 15 is 0 Å². The minimum atomic E-state index is 0.0109. The molecule has 0 unspecified atom stereocenters. The third-order valence-corrected chi connectivity index (χ3v) is 2.06. The normalized spacial score (nSPS) is 10.6. The molecule has 0 radical (unpaired) electrons. The summed E-state index contributed by atoms with van der Waals surface area (Å²) >= 11 is 0. The Labute approximate surface area is 76.0 Å². The van der Waals surface area contributed by atoms with Crippen molar-refractivity contribution >= 4 is 11.3 Å². The van der Waals surface area contributed by atoms with Crippen LogP contribution in [0.1, 0.15) is 23.2 Å². The zero-order valence-electron chi connectivity index (χ0n) is 7.61. The highest BCUT2D eigenvalue weighted by Gasteiger charge is 2.10. The molecule has 0 amide bonds. The van der Waals surface area contributed by atoms with Crippen molar-refractivity contribution in [1.82, 2.24) is 9.38 Å². The maximum Gasteiger partial charge on any atom is 0.180 e. The summed E-state index contributed by atoms with van der Waals surface area (Å²) in [7, 11) is 0. The molecule has 0 spiro atoms. The van der Waals surface area contributed by atoms with Gasteiger partial charge < -0.3 is 4.40 Å². The Kier molecular flexibility index (Phi) is 1.65. The lowest BCUT2D eigenvalue weighted by atomic mass is 10.2. The summed E-state index contributed by atoms with van der Waals surface area (Å²) in [5.41, 5.74) is 1.44. The second-order valence-corrected chi connectivity index (χ2v) is 3.02. The van der Waals surface area contributed by atoms with Crippen LogP contribution in [0.3, 0.4) is 0 Å². The standard InChI is InChI=1S/C10H10N2O/c1-7(13)10-9-5-3-4-6-12(9)8(2)11-10/h3-6H,1-2H3. The zero-order chi connectivity index (χ0) is 9.42. The van der Waals surface area contributed by atoms with Gasteiger partial charge in [-0.3, -0.25) is 4.79 Å². The van der Waals surface area contributed by atoms with Crippen molar-refractivity contribution in [3.63, 3.8) is 0 Å². The number of pyridine rings is 1. The van der Waals surface area contributed by atoms with Crippen LogP contribution in [0.2, 0.25) is 0 Å². The van der Waals surface area contributed by atoms with E-state index in [2.05, 4.69) is 4.98 Å². The predicted octanol–water partition coefficient (Wildman–Crippen LogP) is 1.85. The predicted molar refractivity (Wildman–Crippen MR) is 49.9 cm³/mol. The van der Waals surface area contributed by atoms with Crippen LogP contribution < -0.4 is 0 Å². The maximum atomic E-state index is 11.2. The fraction of sp³-hybridized carbons (Fsp3) is 0.200. The average Bonchev–Trinajstić information content (AvgIpc) is 2.45. The SMILES string of the molecule is CC(=O)c1nc(C)n2ccccc12. The Bertz CT molecular complexity index is 471. The van der Waals surface area contributed by atoms with Crippen LogP contribution >= 0.6 is 0 Å². The van der Waals surface area contributed by atoms with Crippen LogP contribution in [0.25, 0.3) is 5.52 Å². The molecule has 66 valence electrons. The van der Waals surface area contributed by atoms with Gasteiger partial charge in [-0.1, -0.05) is 6.07 Å². The van der Waals surface area contributed by atoms with Crippen molar-refractivity contribution < 1.29 is 4.79 Å². The van der Waals surface area contributed by atoms with Gasteiger partial charge in [0.05, 0.1) is 5.52 Å². The van der Waals surface area contributed by atoms with Gasteiger partial charge in [0.1, 0.15) is 11.5 Å². The molecule has 2 rings (SSSR count). The van der Waals surface area contributed by atoms with E-state index in [0.29, 0.717) is 5.69 Å². The lowest BCUT2D eigenvalue weighted by molar-refractivity contribution is 0.101. The minimum Gasteiger partial charge on any atom is -0.303 e. The maximum absolute atomic E-state index is 11.2. The summed E-state index contributed by atoms with van der Waals surface area (Å²) in [6.45, 7) is 3.42. The summed E-state index contributed by atoms with van der Waals surface area (Å²) in [5.74, 6) is 0.859. The number of aryl methyl sites for hydroxylation is 1. The van der Waals surface area contributed by atoms with E-state index in [0.717, 1.165) is 11.3 Å². The molecule has 2 heterocycles. The van der Waals surface area contributed by atoms with Crippen LogP contribution in [-0.2, 0) is 0 Å². The zero-order valence-corrected chi connectivity index (χ0v) is 7.61. The van der Waals surface area contributed by atoms with Crippen molar-refractivity contribution in [2.45, 2.75) is 13.8 Å². The number of fused-ring (bicyclic) bond motifs is 1. The quantitative estimate of drug-likeness (QED) is 0.618. The number of rotatable bonds is 1. The number of imidazole rings is 1. The van der Waals surface area contributed by atoms with Crippen LogP contribution in [0.4, 0.5) is 0 Å². The molecule has 0 fully saturated rings. The van der Waals surface area contributed by atoms with Crippen molar-refractivity contribution in [2.75, 3.05) is 0 Å². The monoisotopic (exact) mass is 174 g/mol. The smallest absolute Gasteiger partial charge is 0.180 e. The van der Waals surface area contributed by atoms with E-state index in [1.54, 1.807) is 0 Å². The molecule has 3 heteroatoms. The van der Waals surface area contributed by atoms with Crippen LogP contribution in [0.5, 0.6) is 0 Å². The van der Waals surface area contributed by atoms with Gasteiger partial charge in [-0.05, 0) is 19.1 Å². The van der Waals surface area contributed by atoms with E-state index in [4.69, 9.17) is 0 Å². The molecule has 0 aromatic carbocycles. The van der Waals surface area contributed by atoms with Gasteiger partial charge in [0.2, 0.25) is 0 Å². The van der Waals surface area contributed by atoms with E-state index < -0.39 is 0 Å². The first kappa shape index (κ1) is 7.98. The summed E-state index contributed by atoms with van der Waals surface area (Å²) in [6, 6.07) is 5.73. The number of nitrogens with zero attached hydrogens (tertiary/aromatic N) is 2. The van der Waals surface area contributed by atoms with Gasteiger partial charge in [0.25, 0.3) is 0 Å². The molecule has 0 aliphatic heterocycles. The van der Waals surface area contributed by atoms with Crippen molar-refractivity contribution in [3.05, 3.63) is 35.9 Å². The van der Waals surface area contributed by atoms with Gasteiger partial charge in [0, 0.05) is 13.1 Å². The Morgan fingerprint density at radius 1 is 1.46 bits per heavy atom. The van der Waals surface area contributed by atoms with Crippen LogP contribution in [0, 0.1) is 6.92 Å². The third-order valence-electron chi connectivity index (χ3n) is 2.06. The molecule has 0 N–H and O–H groups in total.